The smallest absolute Gasteiger partial charge is 0.256 e. The van der Waals surface area contributed by atoms with Gasteiger partial charge in [0.2, 0.25) is 11.7 Å². The number of hydrogen-bond acceptors (Lipinski definition) is 9. The van der Waals surface area contributed by atoms with Gasteiger partial charge in [-0.2, -0.15) is 0 Å². The molecule has 0 bridgehead atoms. The van der Waals surface area contributed by atoms with Gasteiger partial charge in [-0.15, -0.1) is 0 Å². The van der Waals surface area contributed by atoms with Crippen molar-refractivity contribution in [3.63, 3.8) is 0 Å². The lowest BCUT2D eigenvalue weighted by Crippen LogP contribution is -2.41. The number of nitrogens with one attached hydrogen (secondary N) is 2. The van der Waals surface area contributed by atoms with E-state index in [1.807, 2.05) is 4.90 Å². The number of benzene rings is 2. The van der Waals surface area contributed by atoms with Crippen molar-refractivity contribution in [3.8, 4) is 28.7 Å². The SMILES string of the molecule is COc1cc(NC(=O)c2cc(OC)c(OC)c(OC)c2)c(OC)cc1NC(=O)CN1CCOCC1. The maximum atomic E-state index is 13.1. The average Bonchev–Trinajstić information content (AvgIpc) is 2.88. The number of amides is 2. The first kappa shape index (κ1) is 25.9. The van der Waals surface area contributed by atoms with E-state index in [1.54, 1.807) is 24.3 Å². The molecule has 1 saturated heterocycles. The lowest BCUT2D eigenvalue weighted by atomic mass is 10.1. The predicted octanol–water partition coefficient (Wildman–Crippen LogP) is 2.25. The first-order valence-electron chi connectivity index (χ1n) is 10.9. The second-order valence-corrected chi connectivity index (χ2v) is 7.56. The number of morpholine rings is 1. The Morgan fingerprint density at radius 1 is 0.771 bits per heavy atom. The van der Waals surface area contributed by atoms with Crippen molar-refractivity contribution < 1.29 is 38.0 Å². The minimum atomic E-state index is -0.436. The molecule has 0 saturated carbocycles. The molecule has 1 fully saturated rings. The molecule has 3 rings (SSSR count). The maximum absolute atomic E-state index is 13.1. The maximum Gasteiger partial charge on any atom is 0.256 e. The lowest BCUT2D eigenvalue weighted by molar-refractivity contribution is -0.118. The zero-order valence-corrected chi connectivity index (χ0v) is 20.6. The Morgan fingerprint density at radius 2 is 1.29 bits per heavy atom. The van der Waals surface area contributed by atoms with Crippen LogP contribution >= 0.6 is 0 Å². The Morgan fingerprint density at radius 3 is 1.77 bits per heavy atom. The van der Waals surface area contributed by atoms with Gasteiger partial charge in [0.05, 0.1) is 66.7 Å². The van der Waals surface area contributed by atoms with Gasteiger partial charge in [0.25, 0.3) is 5.91 Å². The van der Waals surface area contributed by atoms with E-state index < -0.39 is 5.91 Å². The standard InChI is InChI=1S/C24H31N3O8/c1-30-18-13-17(26-24(29)15-10-20(32-3)23(34-5)21(11-15)33-4)19(31-2)12-16(18)25-22(28)14-27-6-8-35-9-7-27/h10-13H,6-9,14H2,1-5H3,(H,25,28)(H,26,29). The molecule has 0 atom stereocenters. The van der Waals surface area contributed by atoms with Crippen molar-refractivity contribution >= 4 is 23.2 Å². The van der Waals surface area contributed by atoms with E-state index in [2.05, 4.69) is 10.6 Å². The molecular weight excluding hydrogens is 458 g/mol. The second-order valence-electron chi connectivity index (χ2n) is 7.56. The van der Waals surface area contributed by atoms with Gasteiger partial charge in [0.15, 0.2) is 11.5 Å². The van der Waals surface area contributed by atoms with Gasteiger partial charge < -0.3 is 39.1 Å². The molecule has 11 heteroatoms. The second kappa shape index (κ2) is 12.1. The van der Waals surface area contributed by atoms with Crippen molar-refractivity contribution in [1.82, 2.24) is 4.90 Å². The van der Waals surface area contributed by atoms with E-state index in [-0.39, 0.29) is 18.0 Å². The van der Waals surface area contributed by atoms with Gasteiger partial charge >= 0.3 is 0 Å². The summed E-state index contributed by atoms with van der Waals surface area (Å²) in [6, 6.07) is 6.27. The minimum absolute atomic E-state index is 0.193. The molecule has 2 N–H and O–H groups in total. The van der Waals surface area contributed by atoms with Crippen LogP contribution in [0.1, 0.15) is 10.4 Å². The van der Waals surface area contributed by atoms with Gasteiger partial charge in [0, 0.05) is 30.8 Å². The van der Waals surface area contributed by atoms with Crippen LogP contribution in [-0.2, 0) is 9.53 Å². The monoisotopic (exact) mass is 489 g/mol. The van der Waals surface area contributed by atoms with Gasteiger partial charge in [-0.25, -0.2) is 0 Å². The lowest BCUT2D eigenvalue weighted by Gasteiger charge is -2.26. The summed E-state index contributed by atoms with van der Waals surface area (Å²) in [5.41, 5.74) is 1.06. The molecule has 35 heavy (non-hydrogen) atoms. The Balaban J connectivity index is 1.82. The number of rotatable bonds is 10. The summed E-state index contributed by atoms with van der Waals surface area (Å²) in [5, 5.41) is 5.66. The summed E-state index contributed by atoms with van der Waals surface area (Å²) in [6.45, 7) is 2.82. The Kier molecular flexibility index (Phi) is 8.98. The number of carbonyl (C=O) groups excluding carboxylic acids is 2. The number of carbonyl (C=O) groups is 2. The summed E-state index contributed by atoms with van der Waals surface area (Å²) in [7, 11) is 7.37. The third-order valence-corrected chi connectivity index (χ3v) is 5.44. The minimum Gasteiger partial charge on any atom is -0.494 e. The Labute approximate surface area is 204 Å². The zero-order chi connectivity index (χ0) is 25.4. The van der Waals surface area contributed by atoms with E-state index >= 15 is 0 Å². The largest absolute Gasteiger partial charge is 0.494 e. The van der Waals surface area contributed by atoms with Crippen LogP contribution in [0.2, 0.25) is 0 Å². The van der Waals surface area contributed by atoms with Crippen molar-refractivity contribution in [2.24, 2.45) is 0 Å². The fraction of sp³-hybridized carbons (Fsp3) is 0.417. The fourth-order valence-corrected chi connectivity index (χ4v) is 3.65. The Hall–Kier alpha value is -3.70. The molecule has 190 valence electrons. The zero-order valence-electron chi connectivity index (χ0n) is 20.6. The van der Waals surface area contributed by atoms with Crippen LogP contribution in [0.15, 0.2) is 24.3 Å². The first-order valence-corrected chi connectivity index (χ1v) is 10.9. The summed E-state index contributed by atoms with van der Waals surface area (Å²) < 4.78 is 32.2. The van der Waals surface area contributed by atoms with Crippen LogP contribution in [0.5, 0.6) is 28.7 Å². The molecule has 0 radical (unpaired) electrons. The normalized spacial score (nSPS) is 13.5. The molecule has 0 aromatic heterocycles. The van der Waals surface area contributed by atoms with Gasteiger partial charge in [-0.3, -0.25) is 14.5 Å². The highest BCUT2D eigenvalue weighted by atomic mass is 16.5. The summed E-state index contributed by atoms with van der Waals surface area (Å²) in [6.07, 6.45) is 0. The van der Waals surface area contributed by atoms with Crippen LogP contribution in [-0.4, -0.2) is 85.1 Å². The van der Waals surface area contributed by atoms with Crippen LogP contribution in [0.25, 0.3) is 0 Å². The third kappa shape index (κ3) is 6.25. The topological polar surface area (TPSA) is 117 Å². The fourth-order valence-electron chi connectivity index (χ4n) is 3.65. The average molecular weight is 490 g/mol. The Bertz CT molecular complexity index is 1030. The quantitative estimate of drug-likeness (QED) is 0.518. The molecule has 0 aliphatic carbocycles. The van der Waals surface area contributed by atoms with Crippen LogP contribution < -0.4 is 34.3 Å². The molecule has 1 aliphatic heterocycles. The molecule has 2 amide bonds. The van der Waals surface area contributed by atoms with Gasteiger partial charge in [0.1, 0.15) is 11.5 Å². The van der Waals surface area contributed by atoms with E-state index in [1.165, 1.54) is 35.5 Å². The predicted molar refractivity (Wildman–Crippen MR) is 129 cm³/mol. The van der Waals surface area contributed by atoms with E-state index in [0.29, 0.717) is 66.4 Å². The summed E-state index contributed by atoms with van der Waals surface area (Å²) in [4.78, 5) is 27.6. The highest BCUT2D eigenvalue weighted by Gasteiger charge is 2.21. The molecule has 2 aromatic carbocycles. The van der Waals surface area contributed by atoms with Crippen molar-refractivity contribution in [2.45, 2.75) is 0 Å². The van der Waals surface area contributed by atoms with E-state index in [4.69, 9.17) is 28.4 Å². The van der Waals surface area contributed by atoms with Gasteiger partial charge in [-0.05, 0) is 12.1 Å². The highest BCUT2D eigenvalue weighted by molar-refractivity contribution is 6.06. The first-order chi connectivity index (χ1) is 16.9. The van der Waals surface area contributed by atoms with E-state index in [9.17, 15) is 9.59 Å². The third-order valence-electron chi connectivity index (χ3n) is 5.44. The molecule has 0 unspecified atom stereocenters. The molecule has 1 aliphatic rings. The van der Waals surface area contributed by atoms with Crippen LogP contribution in [0, 0.1) is 0 Å². The summed E-state index contributed by atoms with van der Waals surface area (Å²) in [5.74, 6) is 1.15. The summed E-state index contributed by atoms with van der Waals surface area (Å²) >= 11 is 0. The number of anilines is 2. The number of methoxy groups -OCH3 is 5. The molecule has 2 aromatic rings. The van der Waals surface area contributed by atoms with Crippen molar-refractivity contribution in [1.29, 1.82) is 0 Å². The number of hydrogen-bond donors (Lipinski definition) is 2. The molecule has 11 nitrogen and oxygen atoms in total. The number of nitrogens with zero attached hydrogens (tertiary/aromatic N) is 1. The molecule has 1 heterocycles. The number of ether oxygens (including phenoxy) is 6. The van der Waals surface area contributed by atoms with Crippen molar-refractivity contribution in [3.05, 3.63) is 29.8 Å². The van der Waals surface area contributed by atoms with Gasteiger partial charge in [-0.1, -0.05) is 0 Å². The van der Waals surface area contributed by atoms with Crippen molar-refractivity contribution in [2.75, 3.05) is 79.0 Å². The van der Waals surface area contributed by atoms with Crippen LogP contribution in [0.3, 0.4) is 0 Å². The highest BCUT2D eigenvalue weighted by Crippen LogP contribution is 2.40. The molecule has 0 spiro atoms. The van der Waals surface area contributed by atoms with E-state index in [0.717, 1.165) is 0 Å². The van der Waals surface area contributed by atoms with Crippen LogP contribution in [0.4, 0.5) is 11.4 Å². The molecular formula is C24H31N3O8.